The second-order valence-electron chi connectivity index (χ2n) is 4.93. The van der Waals surface area contributed by atoms with Crippen LogP contribution in [-0.2, 0) is 0 Å². The van der Waals surface area contributed by atoms with E-state index in [2.05, 4.69) is 35.0 Å². The molecule has 2 heterocycles. The van der Waals surface area contributed by atoms with Gasteiger partial charge < -0.3 is 4.98 Å². The third-order valence-electron chi connectivity index (χ3n) is 3.87. The van der Waals surface area contributed by atoms with Crippen molar-refractivity contribution in [3.05, 3.63) is 41.6 Å². The largest absolute Gasteiger partial charge is 0.355 e. The monoisotopic (exact) mass is 251 g/mol. The molecule has 0 atom stereocenters. The van der Waals surface area contributed by atoms with Gasteiger partial charge >= 0.3 is 0 Å². The standard InChI is InChI=1S/C16H17N3/c1-2-19-8-6-12(7-9-19)16-10-14-13(11-17)4-3-5-15(14)18-16/h3-6,10,18H,2,7-9H2,1H3. The number of nitrogens with one attached hydrogen (secondary N) is 1. The van der Waals surface area contributed by atoms with Gasteiger partial charge in [-0.05, 0) is 36.7 Å². The molecule has 0 bridgehead atoms. The fourth-order valence-electron chi connectivity index (χ4n) is 2.67. The molecule has 0 unspecified atom stereocenters. The van der Waals surface area contributed by atoms with Crippen molar-refractivity contribution >= 4 is 16.5 Å². The quantitative estimate of drug-likeness (QED) is 0.891. The Labute approximate surface area is 113 Å². The highest BCUT2D eigenvalue weighted by Crippen LogP contribution is 2.27. The molecule has 1 aromatic carbocycles. The average Bonchev–Trinajstić information content (AvgIpc) is 2.91. The van der Waals surface area contributed by atoms with E-state index in [0.29, 0.717) is 0 Å². The Morgan fingerprint density at radius 3 is 3.00 bits per heavy atom. The van der Waals surface area contributed by atoms with Crippen LogP contribution in [0.5, 0.6) is 0 Å². The van der Waals surface area contributed by atoms with Crippen molar-refractivity contribution in [2.45, 2.75) is 13.3 Å². The first kappa shape index (κ1) is 12.0. The van der Waals surface area contributed by atoms with Crippen LogP contribution in [0.15, 0.2) is 30.3 Å². The minimum Gasteiger partial charge on any atom is -0.355 e. The number of H-pyrrole nitrogens is 1. The Balaban J connectivity index is 1.99. The Morgan fingerprint density at radius 2 is 2.32 bits per heavy atom. The second-order valence-corrected chi connectivity index (χ2v) is 4.93. The number of hydrogen-bond donors (Lipinski definition) is 1. The number of nitrogens with zero attached hydrogens (tertiary/aromatic N) is 2. The van der Waals surface area contributed by atoms with E-state index in [1.807, 2.05) is 18.2 Å². The maximum absolute atomic E-state index is 9.14. The molecule has 0 saturated heterocycles. The summed E-state index contributed by atoms with van der Waals surface area (Å²) in [6.45, 7) is 5.44. The lowest BCUT2D eigenvalue weighted by molar-refractivity contribution is 0.318. The van der Waals surface area contributed by atoms with E-state index in [0.717, 1.165) is 48.2 Å². The molecular weight excluding hydrogens is 234 g/mol. The summed E-state index contributed by atoms with van der Waals surface area (Å²) < 4.78 is 0. The molecule has 0 amide bonds. The molecule has 3 nitrogen and oxygen atoms in total. The van der Waals surface area contributed by atoms with E-state index in [9.17, 15) is 0 Å². The average molecular weight is 251 g/mol. The number of rotatable bonds is 2. The van der Waals surface area contributed by atoms with Gasteiger partial charge in [-0.25, -0.2) is 0 Å². The van der Waals surface area contributed by atoms with Crippen LogP contribution in [0.2, 0.25) is 0 Å². The van der Waals surface area contributed by atoms with Crippen molar-refractivity contribution in [1.82, 2.24) is 9.88 Å². The Morgan fingerprint density at radius 1 is 1.42 bits per heavy atom. The lowest BCUT2D eigenvalue weighted by Gasteiger charge is -2.24. The fraction of sp³-hybridized carbons (Fsp3) is 0.312. The minimum atomic E-state index is 0.742. The Kier molecular flexibility index (Phi) is 3.10. The van der Waals surface area contributed by atoms with Gasteiger partial charge in [-0.1, -0.05) is 19.1 Å². The number of aromatic nitrogens is 1. The molecule has 0 aliphatic carbocycles. The van der Waals surface area contributed by atoms with Crippen LogP contribution >= 0.6 is 0 Å². The summed E-state index contributed by atoms with van der Waals surface area (Å²) in [7, 11) is 0. The van der Waals surface area contributed by atoms with Crippen molar-refractivity contribution in [2.75, 3.05) is 19.6 Å². The van der Waals surface area contributed by atoms with Crippen LogP contribution in [-0.4, -0.2) is 29.5 Å². The topological polar surface area (TPSA) is 42.8 Å². The van der Waals surface area contributed by atoms with Gasteiger partial charge in [-0.2, -0.15) is 5.26 Å². The van der Waals surface area contributed by atoms with E-state index >= 15 is 0 Å². The number of fused-ring (bicyclic) bond motifs is 1. The van der Waals surface area contributed by atoms with Crippen LogP contribution in [0.1, 0.15) is 24.6 Å². The van der Waals surface area contributed by atoms with Crippen LogP contribution < -0.4 is 0 Å². The maximum Gasteiger partial charge on any atom is 0.0998 e. The minimum absolute atomic E-state index is 0.742. The molecule has 1 aliphatic heterocycles. The summed E-state index contributed by atoms with van der Waals surface area (Å²) in [4.78, 5) is 5.86. The predicted octanol–water partition coefficient (Wildman–Crippen LogP) is 3.15. The predicted molar refractivity (Wildman–Crippen MR) is 77.7 cm³/mol. The van der Waals surface area contributed by atoms with E-state index in [-0.39, 0.29) is 0 Å². The van der Waals surface area contributed by atoms with Crippen LogP contribution in [0.3, 0.4) is 0 Å². The van der Waals surface area contributed by atoms with E-state index in [1.165, 1.54) is 5.57 Å². The summed E-state index contributed by atoms with van der Waals surface area (Å²) in [5.74, 6) is 0. The number of likely N-dealkylation sites (N-methyl/N-ethyl adjacent to an activating group) is 1. The highest BCUT2D eigenvalue weighted by molar-refractivity contribution is 5.89. The highest BCUT2D eigenvalue weighted by Gasteiger charge is 2.13. The van der Waals surface area contributed by atoms with Gasteiger partial charge in [0.15, 0.2) is 0 Å². The second kappa shape index (κ2) is 4.91. The molecule has 3 heteroatoms. The van der Waals surface area contributed by atoms with E-state index in [4.69, 9.17) is 5.26 Å². The summed E-state index contributed by atoms with van der Waals surface area (Å²) in [5.41, 5.74) is 4.32. The lowest BCUT2D eigenvalue weighted by Crippen LogP contribution is -2.28. The van der Waals surface area contributed by atoms with Gasteiger partial charge in [0.05, 0.1) is 11.6 Å². The van der Waals surface area contributed by atoms with Gasteiger partial charge in [-0.15, -0.1) is 0 Å². The van der Waals surface area contributed by atoms with Crippen molar-refractivity contribution < 1.29 is 0 Å². The van der Waals surface area contributed by atoms with Crippen molar-refractivity contribution in [3.63, 3.8) is 0 Å². The van der Waals surface area contributed by atoms with Gasteiger partial charge in [-0.3, -0.25) is 4.90 Å². The molecule has 0 fully saturated rings. The van der Waals surface area contributed by atoms with Crippen molar-refractivity contribution in [2.24, 2.45) is 0 Å². The third kappa shape index (κ3) is 2.16. The van der Waals surface area contributed by atoms with Gasteiger partial charge in [0.25, 0.3) is 0 Å². The number of nitriles is 1. The number of hydrogen-bond acceptors (Lipinski definition) is 2. The number of aromatic amines is 1. The normalized spacial score (nSPS) is 16.3. The smallest absolute Gasteiger partial charge is 0.0998 e. The molecular formula is C16H17N3. The summed E-state index contributed by atoms with van der Waals surface area (Å²) in [5, 5.41) is 10.2. The first-order valence-electron chi connectivity index (χ1n) is 6.75. The van der Waals surface area contributed by atoms with Crippen LogP contribution in [0.25, 0.3) is 16.5 Å². The Bertz CT molecular complexity index is 673. The van der Waals surface area contributed by atoms with Crippen LogP contribution in [0.4, 0.5) is 0 Å². The molecule has 96 valence electrons. The van der Waals surface area contributed by atoms with Gasteiger partial charge in [0, 0.05) is 29.7 Å². The number of benzene rings is 1. The summed E-state index contributed by atoms with van der Waals surface area (Å²) >= 11 is 0. The van der Waals surface area contributed by atoms with Crippen molar-refractivity contribution in [1.29, 1.82) is 5.26 Å². The molecule has 2 aromatic rings. The molecule has 1 aliphatic rings. The zero-order chi connectivity index (χ0) is 13.2. The summed E-state index contributed by atoms with van der Waals surface area (Å²) in [6, 6.07) is 10.2. The molecule has 3 rings (SSSR count). The fourth-order valence-corrected chi connectivity index (χ4v) is 2.67. The SMILES string of the molecule is CCN1CC=C(c2cc3c(C#N)cccc3[nH]2)CC1. The molecule has 1 N–H and O–H groups in total. The van der Waals surface area contributed by atoms with Crippen molar-refractivity contribution in [3.8, 4) is 6.07 Å². The molecule has 1 aromatic heterocycles. The summed E-state index contributed by atoms with van der Waals surface area (Å²) in [6.07, 6.45) is 3.37. The zero-order valence-electron chi connectivity index (χ0n) is 11.1. The molecule has 0 saturated carbocycles. The molecule has 0 radical (unpaired) electrons. The van der Waals surface area contributed by atoms with E-state index < -0.39 is 0 Å². The maximum atomic E-state index is 9.14. The van der Waals surface area contributed by atoms with Gasteiger partial charge in [0.2, 0.25) is 0 Å². The van der Waals surface area contributed by atoms with Crippen LogP contribution in [0, 0.1) is 11.3 Å². The van der Waals surface area contributed by atoms with Gasteiger partial charge in [0.1, 0.15) is 0 Å². The third-order valence-corrected chi connectivity index (χ3v) is 3.87. The Hall–Kier alpha value is -2.05. The first-order chi connectivity index (χ1) is 9.31. The highest BCUT2D eigenvalue weighted by atomic mass is 15.1. The molecule has 0 spiro atoms. The van der Waals surface area contributed by atoms with E-state index in [1.54, 1.807) is 0 Å². The molecule has 19 heavy (non-hydrogen) atoms. The zero-order valence-corrected chi connectivity index (χ0v) is 11.1. The first-order valence-corrected chi connectivity index (χ1v) is 6.75. The lowest BCUT2D eigenvalue weighted by atomic mass is 10.0.